The molecular formula is C28H29I2N2O3S+. The summed E-state index contributed by atoms with van der Waals surface area (Å²) < 4.78 is 37.3. The largest absolute Gasteiger partial charge is 0.358 e. The number of nitrogens with zero attached hydrogens (tertiary/aromatic N) is 1. The number of nitrogens with one attached hydrogen (secondary N) is 1. The summed E-state index contributed by atoms with van der Waals surface area (Å²) >= 11 is 4.81. The van der Waals surface area contributed by atoms with Crippen molar-refractivity contribution in [2.24, 2.45) is 0 Å². The molecule has 2 aromatic carbocycles. The van der Waals surface area contributed by atoms with Crippen LogP contribution in [-0.2, 0) is 20.9 Å². The van der Waals surface area contributed by atoms with Gasteiger partial charge >= 0.3 is 0 Å². The lowest BCUT2D eigenvalue weighted by Gasteiger charge is -2.20. The lowest BCUT2D eigenvalue weighted by atomic mass is 9.81. The van der Waals surface area contributed by atoms with Gasteiger partial charge in [0.1, 0.15) is 7.05 Å². The molecule has 0 aliphatic carbocycles. The second-order valence-electron chi connectivity index (χ2n) is 9.99. The number of allylic oxidation sites excluding steroid dienone is 8. The molecule has 0 saturated carbocycles. The molecule has 0 fully saturated rings. The maximum absolute atomic E-state index is 11.5. The Morgan fingerprint density at radius 2 is 1.61 bits per heavy atom. The van der Waals surface area contributed by atoms with Gasteiger partial charge in [-0.05, 0) is 94.9 Å². The third-order valence-corrected chi connectivity index (χ3v) is 9.21. The molecule has 188 valence electrons. The molecule has 4 rings (SSSR count). The van der Waals surface area contributed by atoms with Crippen molar-refractivity contribution in [2.45, 2.75) is 43.4 Å². The summed E-state index contributed by atoms with van der Waals surface area (Å²) in [7, 11) is -2.11. The number of hydrogen-bond acceptors (Lipinski definition) is 3. The first-order valence-electron chi connectivity index (χ1n) is 11.5. The molecule has 0 spiro atoms. The number of benzene rings is 2. The Balaban J connectivity index is 1.47. The predicted molar refractivity (Wildman–Crippen MR) is 164 cm³/mol. The van der Waals surface area contributed by atoms with E-state index in [0.717, 1.165) is 16.9 Å². The van der Waals surface area contributed by atoms with Gasteiger partial charge in [-0.25, -0.2) is 0 Å². The zero-order valence-corrected chi connectivity index (χ0v) is 25.9. The minimum Gasteiger partial charge on any atom is -0.358 e. The van der Waals surface area contributed by atoms with E-state index < -0.39 is 15.5 Å². The highest BCUT2D eigenvalue weighted by atomic mass is 127. The third-order valence-electron chi connectivity index (χ3n) is 6.89. The zero-order chi connectivity index (χ0) is 26.5. The third kappa shape index (κ3) is 5.01. The monoisotopic (exact) mass is 727 g/mol. The summed E-state index contributed by atoms with van der Waals surface area (Å²) in [5.41, 5.74) is 6.05. The maximum Gasteiger partial charge on any atom is 0.294 e. The van der Waals surface area contributed by atoms with Crippen molar-refractivity contribution < 1.29 is 17.5 Å². The minimum absolute atomic E-state index is 0.0699. The van der Waals surface area contributed by atoms with E-state index in [1.165, 1.54) is 36.2 Å². The molecular weight excluding hydrogens is 698 g/mol. The van der Waals surface area contributed by atoms with E-state index in [1.807, 2.05) is 44.2 Å². The van der Waals surface area contributed by atoms with Gasteiger partial charge in [0.2, 0.25) is 5.69 Å². The van der Waals surface area contributed by atoms with Crippen molar-refractivity contribution in [2.75, 3.05) is 12.4 Å². The van der Waals surface area contributed by atoms with E-state index in [0.29, 0.717) is 0 Å². The molecule has 5 nitrogen and oxygen atoms in total. The summed E-state index contributed by atoms with van der Waals surface area (Å²) in [5.74, 6) is 0. The minimum atomic E-state index is -4.24. The topological polar surface area (TPSA) is 69.4 Å². The first-order valence-corrected chi connectivity index (χ1v) is 15.1. The Kier molecular flexibility index (Phi) is 7.46. The van der Waals surface area contributed by atoms with Crippen LogP contribution in [0.3, 0.4) is 0 Å². The highest BCUT2D eigenvalue weighted by molar-refractivity contribution is 14.1. The fraction of sp³-hybridized carbons (Fsp3) is 0.250. The highest BCUT2D eigenvalue weighted by Crippen LogP contribution is 2.44. The van der Waals surface area contributed by atoms with Crippen molar-refractivity contribution in [3.63, 3.8) is 0 Å². The molecule has 2 aliphatic heterocycles. The normalized spacial score (nSPS) is 19.6. The molecule has 2 aliphatic rings. The van der Waals surface area contributed by atoms with Crippen LogP contribution in [0.5, 0.6) is 0 Å². The molecule has 0 amide bonds. The Bertz CT molecular complexity index is 1510. The maximum atomic E-state index is 11.5. The average Bonchev–Trinajstić information content (AvgIpc) is 3.13. The Hall–Kier alpha value is -1.76. The molecule has 2 heterocycles. The lowest BCUT2D eigenvalue weighted by molar-refractivity contribution is -0.401. The number of hydrogen-bond donors (Lipinski definition) is 2. The van der Waals surface area contributed by atoms with E-state index in [-0.39, 0.29) is 10.3 Å². The van der Waals surface area contributed by atoms with E-state index in [2.05, 4.69) is 100 Å². The molecule has 2 N–H and O–H groups in total. The number of fused-ring (bicyclic) bond motifs is 2. The zero-order valence-electron chi connectivity index (χ0n) is 20.8. The first-order chi connectivity index (χ1) is 16.7. The Labute approximate surface area is 240 Å². The highest BCUT2D eigenvalue weighted by Gasteiger charge is 2.44. The van der Waals surface area contributed by atoms with Crippen LogP contribution in [0, 0.1) is 7.14 Å². The van der Waals surface area contributed by atoms with Crippen molar-refractivity contribution in [1.29, 1.82) is 0 Å². The molecule has 0 saturated heterocycles. The van der Waals surface area contributed by atoms with Crippen molar-refractivity contribution in [3.05, 3.63) is 96.8 Å². The van der Waals surface area contributed by atoms with Crippen LogP contribution in [0.1, 0.15) is 38.8 Å². The van der Waals surface area contributed by atoms with Crippen molar-refractivity contribution >= 4 is 72.4 Å². The van der Waals surface area contributed by atoms with Crippen LogP contribution < -0.4 is 5.32 Å². The van der Waals surface area contributed by atoms with Gasteiger partial charge < -0.3 is 5.32 Å². The number of halogens is 2. The molecule has 0 bridgehead atoms. The molecule has 0 radical (unpaired) electrons. The van der Waals surface area contributed by atoms with Gasteiger partial charge in [-0.2, -0.15) is 13.0 Å². The fourth-order valence-corrected chi connectivity index (χ4v) is 7.93. The number of rotatable bonds is 5. The summed E-state index contributed by atoms with van der Waals surface area (Å²) in [6.07, 6.45) is 14.2. The van der Waals surface area contributed by atoms with Gasteiger partial charge in [0.05, 0.1) is 15.9 Å². The standard InChI is InChI=1S/C28H28I2N2O3S/c1-27(2)20-17-19(36(33,34)35)13-14-22(20)31-24(27)11-9-7-6-8-10-12-25-28(3,4)26-21(30)15-18(29)16-23(26)32(25)5/h6-17H,1-5H3,(H,33,34,35)/p+1. The second kappa shape index (κ2) is 9.85. The van der Waals surface area contributed by atoms with Gasteiger partial charge in [-0.1, -0.05) is 44.2 Å². The van der Waals surface area contributed by atoms with Gasteiger partial charge in [0.15, 0.2) is 5.71 Å². The molecule has 0 atom stereocenters. The summed E-state index contributed by atoms with van der Waals surface area (Å²) in [4.78, 5) is -0.0934. The van der Waals surface area contributed by atoms with Crippen molar-refractivity contribution in [1.82, 2.24) is 0 Å². The SMILES string of the molecule is C[N+]1=C(/C=C/C=C/C=C/C=C2\Nc3ccc(S(=O)(=O)O)cc3C2(C)C)C(C)(C)c2c(I)cc(I)cc21. The molecule has 0 unspecified atom stereocenters. The lowest BCUT2D eigenvalue weighted by Crippen LogP contribution is -2.27. The van der Waals surface area contributed by atoms with Gasteiger partial charge in [-0.15, -0.1) is 0 Å². The average molecular weight is 727 g/mol. The van der Waals surface area contributed by atoms with E-state index in [9.17, 15) is 13.0 Å². The van der Waals surface area contributed by atoms with E-state index in [4.69, 9.17) is 0 Å². The van der Waals surface area contributed by atoms with Crippen LogP contribution in [0.2, 0.25) is 0 Å². The number of anilines is 1. The van der Waals surface area contributed by atoms with Crippen LogP contribution in [0.15, 0.2) is 83.5 Å². The second-order valence-corrected chi connectivity index (χ2v) is 13.8. The van der Waals surface area contributed by atoms with Crippen LogP contribution in [-0.4, -0.2) is 30.3 Å². The Morgan fingerprint density at radius 3 is 2.31 bits per heavy atom. The van der Waals surface area contributed by atoms with Gasteiger partial charge in [0, 0.05) is 36.1 Å². The van der Waals surface area contributed by atoms with Crippen molar-refractivity contribution in [3.8, 4) is 0 Å². The van der Waals surface area contributed by atoms with E-state index >= 15 is 0 Å². The molecule has 0 aromatic heterocycles. The summed E-state index contributed by atoms with van der Waals surface area (Å²) in [6.45, 7) is 8.59. The molecule has 36 heavy (non-hydrogen) atoms. The van der Waals surface area contributed by atoms with Crippen LogP contribution in [0.25, 0.3) is 0 Å². The van der Waals surface area contributed by atoms with Gasteiger partial charge in [-0.3, -0.25) is 4.55 Å². The molecule has 2 aromatic rings. The van der Waals surface area contributed by atoms with E-state index in [1.54, 1.807) is 6.07 Å². The van der Waals surface area contributed by atoms with Crippen LogP contribution >= 0.6 is 45.2 Å². The predicted octanol–water partition coefficient (Wildman–Crippen LogP) is 7.10. The Morgan fingerprint density at radius 1 is 0.944 bits per heavy atom. The summed E-state index contributed by atoms with van der Waals surface area (Å²) in [5, 5.41) is 3.36. The first kappa shape index (κ1) is 27.3. The smallest absolute Gasteiger partial charge is 0.294 e. The van der Waals surface area contributed by atoms with Crippen LogP contribution in [0.4, 0.5) is 11.4 Å². The fourth-order valence-electron chi connectivity index (χ4n) is 4.94. The van der Waals surface area contributed by atoms with Gasteiger partial charge in [0.25, 0.3) is 10.1 Å². The quantitative estimate of drug-likeness (QED) is 0.149. The molecule has 8 heteroatoms. The summed E-state index contributed by atoms with van der Waals surface area (Å²) in [6, 6.07) is 9.11.